The van der Waals surface area contributed by atoms with Gasteiger partial charge in [-0.2, -0.15) is 5.26 Å². The minimum absolute atomic E-state index is 0.0174. The number of anilines is 1. The van der Waals surface area contributed by atoms with Gasteiger partial charge in [0.1, 0.15) is 29.5 Å². The van der Waals surface area contributed by atoms with E-state index in [1.807, 2.05) is 19.1 Å². The van der Waals surface area contributed by atoms with Crippen LogP contribution in [0.3, 0.4) is 0 Å². The summed E-state index contributed by atoms with van der Waals surface area (Å²) in [4.78, 5) is 30.5. The average Bonchev–Trinajstić information content (AvgIpc) is 2.86. The van der Waals surface area contributed by atoms with Gasteiger partial charge >= 0.3 is 0 Å². The Morgan fingerprint density at radius 2 is 1.92 bits per heavy atom. The van der Waals surface area contributed by atoms with Gasteiger partial charge in [0.15, 0.2) is 0 Å². The van der Waals surface area contributed by atoms with Crippen LogP contribution in [0.4, 0.5) is 10.2 Å². The maximum absolute atomic E-state index is 14.0. The number of ether oxygens (including phenoxy) is 1. The van der Waals surface area contributed by atoms with E-state index in [2.05, 4.69) is 21.7 Å². The summed E-state index contributed by atoms with van der Waals surface area (Å²) in [5, 5.41) is 15.0. The van der Waals surface area contributed by atoms with Gasteiger partial charge in [0.05, 0.1) is 30.9 Å². The Morgan fingerprint density at radius 3 is 2.54 bits per heavy atom. The molecular weight excluding hydrogens is 473 g/mol. The summed E-state index contributed by atoms with van der Waals surface area (Å²) in [6.07, 6.45) is 1.44. The number of hydrogen-bond acceptors (Lipinski definition) is 6. The number of likely N-dealkylation sites (tertiary alicyclic amines) is 1. The lowest BCUT2D eigenvalue weighted by Crippen LogP contribution is -2.55. The zero-order valence-electron chi connectivity index (χ0n) is 20.6. The molecule has 1 fully saturated rings. The van der Waals surface area contributed by atoms with Gasteiger partial charge in [0, 0.05) is 13.5 Å². The Balaban J connectivity index is 1.40. The molecule has 0 saturated carbocycles. The highest BCUT2D eigenvalue weighted by atomic mass is 19.1. The van der Waals surface area contributed by atoms with Crippen molar-refractivity contribution < 1.29 is 18.7 Å². The highest BCUT2D eigenvalue weighted by Crippen LogP contribution is 2.22. The lowest BCUT2D eigenvalue weighted by atomic mass is 9.98. The minimum Gasteiger partial charge on any atom is -0.485 e. The van der Waals surface area contributed by atoms with Crippen molar-refractivity contribution in [3.8, 4) is 11.8 Å². The zero-order chi connectivity index (χ0) is 26.4. The molecule has 1 aliphatic heterocycles. The monoisotopic (exact) mass is 501 g/mol. The molecule has 0 bridgehead atoms. The van der Waals surface area contributed by atoms with Crippen LogP contribution >= 0.6 is 0 Å². The number of carbonyl (C=O) groups is 2. The SMILES string of the molecule is CC(=O)N1CC(Oc2ccc(NC(=O)[C@@H](NCC(C)c3ccc(C#N)cc3)c3cccc(F)c3)nc2)C1. The molecule has 1 aliphatic rings. The van der Waals surface area contributed by atoms with Crippen LogP contribution in [-0.4, -0.2) is 47.4 Å². The molecule has 2 atom stereocenters. The number of hydrogen-bond donors (Lipinski definition) is 2. The van der Waals surface area contributed by atoms with Crippen LogP contribution in [0, 0.1) is 17.1 Å². The first kappa shape index (κ1) is 25.8. The second-order valence-corrected chi connectivity index (χ2v) is 9.06. The van der Waals surface area contributed by atoms with Crippen molar-refractivity contribution in [2.24, 2.45) is 0 Å². The van der Waals surface area contributed by atoms with Crippen molar-refractivity contribution in [3.63, 3.8) is 0 Å². The van der Waals surface area contributed by atoms with Gasteiger partial charge in [0.2, 0.25) is 11.8 Å². The van der Waals surface area contributed by atoms with Crippen LogP contribution in [0.1, 0.15) is 42.5 Å². The van der Waals surface area contributed by atoms with Crippen LogP contribution < -0.4 is 15.4 Å². The summed E-state index contributed by atoms with van der Waals surface area (Å²) in [6.45, 7) is 5.05. The van der Waals surface area contributed by atoms with Crippen LogP contribution in [0.2, 0.25) is 0 Å². The fourth-order valence-corrected chi connectivity index (χ4v) is 4.03. The van der Waals surface area contributed by atoms with Crippen molar-refractivity contribution in [3.05, 3.63) is 89.4 Å². The number of benzene rings is 2. The molecule has 2 aromatic carbocycles. The second-order valence-electron chi connectivity index (χ2n) is 9.06. The Hall–Kier alpha value is -4.29. The Labute approximate surface area is 215 Å². The van der Waals surface area contributed by atoms with Crippen molar-refractivity contribution >= 4 is 17.6 Å². The van der Waals surface area contributed by atoms with Gasteiger partial charge < -0.3 is 20.3 Å². The lowest BCUT2D eigenvalue weighted by molar-refractivity contribution is -0.137. The number of halogens is 1. The van der Waals surface area contributed by atoms with Gasteiger partial charge in [-0.3, -0.25) is 9.59 Å². The van der Waals surface area contributed by atoms with E-state index in [1.54, 1.807) is 41.3 Å². The van der Waals surface area contributed by atoms with E-state index in [-0.39, 0.29) is 23.8 Å². The molecule has 2 N–H and O–H groups in total. The van der Waals surface area contributed by atoms with E-state index < -0.39 is 11.9 Å². The molecule has 4 rings (SSSR count). The summed E-state index contributed by atoms with van der Waals surface area (Å²) < 4.78 is 19.8. The Kier molecular flexibility index (Phi) is 8.11. The summed E-state index contributed by atoms with van der Waals surface area (Å²) in [7, 11) is 0. The number of nitrogens with zero attached hydrogens (tertiary/aromatic N) is 3. The number of carbonyl (C=O) groups excluding carboxylic acids is 2. The molecule has 37 heavy (non-hydrogen) atoms. The highest BCUT2D eigenvalue weighted by Gasteiger charge is 2.30. The third-order valence-corrected chi connectivity index (χ3v) is 6.26. The number of nitrogens with one attached hydrogen (secondary N) is 2. The third kappa shape index (κ3) is 6.68. The molecule has 2 amide bonds. The molecule has 1 aromatic heterocycles. The standard InChI is InChI=1S/C28H28FN5O3/c1-18(21-8-6-20(13-30)7-9-21)14-32-27(22-4-3-5-23(29)12-22)28(36)33-26-11-10-24(15-31-26)37-25-16-34(17-25)19(2)35/h3-12,15,18,25,27,32H,14,16-17H2,1-2H3,(H,31,33,36)/t18?,27-/m0/s1. The van der Waals surface area contributed by atoms with E-state index in [1.165, 1.54) is 25.3 Å². The van der Waals surface area contributed by atoms with E-state index in [0.29, 0.717) is 42.3 Å². The Bertz CT molecular complexity index is 1280. The molecule has 0 radical (unpaired) electrons. The smallest absolute Gasteiger partial charge is 0.247 e. The van der Waals surface area contributed by atoms with Crippen LogP contribution in [0.25, 0.3) is 0 Å². The number of aromatic nitrogens is 1. The third-order valence-electron chi connectivity index (χ3n) is 6.26. The number of amides is 2. The number of nitriles is 1. The van der Waals surface area contributed by atoms with Crippen LogP contribution in [0.15, 0.2) is 66.9 Å². The minimum atomic E-state index is -0.818. The lowest BCUT2D eigenvalue weighted by Gasteiger charge is -2.38. The zero-order valence-corrected chi connectivity index (χ0v) is 20.6. The quantitative estimate of drug-likeness (QED) is 0.462. The van der Waals surface area contributed by atoms with Crippen LogP contribution in [0.5, 0.6) is 5.75 Å². The number of rotatable bonds is 9. The molecular formula is C28H28FN5O3. The fourth-order valence-electron chi connectivity index (χ4n) is 4.03. The predicted octanol–water partition coefficient (Wildman–Crippen LogP) is 3.77. The second kappa shape index (κ2) is 11.6. The molecule has 9 heteroatoms. The molecule has 1 saturated heterocycles. The maximum atomic E-state index is 14.0. The molecule has 0 spiro atoms. The largest absolute Gasteiger partial charge is 0.485 e. The topological polar surface area (TPSA) is 107 Å². The Morgan fingerprint density at radius 1 is 1.16 bits per heavy atom. The van der Waals surface area contributed by atoms with Crippen molar-refractivity contribution in [2.75, 3.05) is 25.0 Å². The summed E-state index contributed by atoms with van der Waals surface area (Å²) in [6, 6.07) is 17.8. The van der Waals surface area contributed by atoms with Crippen LogP contribution in [-0.2, 0) is 9.59 Å². The average molecular weight is 502 g/mol. The first-order chi connectivity index (χ1) is 17.8. The van der Waals surface area contributed by atoms with E-state index in [0.717, 1.165) is 5.56 Å². The van der Waals surface area contributed by atoms with Gasteiger partial charge in [-0.15, -0.1) is 0 Å². The van der Waals surface area contributed by atoms with Crippen molar-refractivity contribution in [1.29, 1.82) is 5.26 Å². The summed E-state index contributed by atoms with van der Waals surface area (Å²) in [5.41, 5.74) is 2.08. The molecule has 190 valence electrons. The molecule has 3 aromatic rings. The van der Waals surface area contributed by atoms with E-state index in [9.17, 15) is 14.0 Å². The van der Waals surface area contributed by atoms with Gasteiger partial charge in [-0.25, -0.2) is 9.37 Å². The van der Waals surface area contributed by atoms with Crippen molar-refractivity contribution in [2.45, 2.75) is 31.9 Å². The fraction of sp³-hybridized carbons (Fsp3) is 0.286. The van der Waals surface area contributed by atoms with Gasteiger partial charge in [0.25, 0.3) is 0 Å². The number of pyridine rings is 1. The molecule has 8 nitrogen and oxygen atoms in total. The molecule has 2 heterocycles. The van der Waals surface area contributed by atoms with E-state index in [4.69, 9.17) is 10.00 Å². The first-order valence-electron chi connectivity index (χ1n) is 12.0. The normalized spacial score (nSPS) is 14.7. The van der Waals surface area contributed by atoms with Gasteiger partial charge in [-0.05, 0) is 53.4 Å². The van der Waals surface area contributed by atoms with Crippen molar-refractivity contribution in [1.82, 2.24) is 15.2 Å². The summed E-state index contributed by atoms with van der Waals surface area (Å²) in [5.74, 6) is 0.119. The first-order valence-corrected chi connectivity index (χ1v) is 12.0. The summed E-state index contributed by atoms with van der Waals surface area (Å²) >= 11 is 0. The highest BCUT2D eigenvalue weighted by molar-refractivity contribution is 5.94. The predicted molar refractivity (Wildman–Crippen MR) is 136 cm³/mol. The van der Waals surface area contributed by atoms with Gasteiger partial charge in [-0.1, -0.05) is 31.2 Å². The van der Waals surface area contributed by atoms with E-state index >= 15 is 0 Å². The molecule has 1 unspecified atom stereocenters. The maximum Gasteiger partial charge on any atom is 0.247 e. The molecule has 0 aliphatic carbocycles.